The maximum atomic E-state index is 12.1. The summed E-state index contributed by atoms with van der Waals surface area (Å²) in [5, 5.41) is 3.37. The molecule has 3 atom stereocenters. The average Bonchev–Trinajstić information content (AvgIpc) is 3.01. The van der Waals surface area contributed by atoms with Crippen molar-refractivity contribution in [2.45, 2.75) is 38.5 Å². The lowest BCUT2D eigenvalue weighted by molar-refractivity contribution is -0.130. The standard InChI is InChI=1S/C14H24N2O/c17-14(5-4-11-6-7-15-8-11)16-9-12-2-1-3-13(12)10-16/h11-13,15H,1-10H2. The summed E-state index contributed by atoms with van der Waals surface area (Å²) < 4.78 is 0. The molecule has 0 aromatic rings. The minimum atomic E-state index is 0.422. The fraction of sp³-hybridized carbons (Fsp3) is 0.929. The quantitative estimate of drug-likeness (QED) is 0.808. The molecular weight excluding hydrogens is 212 g/mol. The summed E-state index contributed by atoms with van der Waals surface area (Å²) in [6.45, 7) is 4.39. The lowest BCUT2D eigenvalue weighted by atomic mass is 10.0. The second-order valence-electron chi connectivity index (χ2n) is 6.15. The van der Waals surface area contributed by atoms with Crippen LogP contribution in [0.1, 0.15) is 38.5 Å². The number of carbonyl (C=O) groups excluding carboxylic acids is 1. The summed E-state index contributed by atoms with van der Waals surface area (Å²) in [4.78, 5) is 14.3. The summed E-state index contributed by atoms with van der Waals surface area (Å²) in [6.07, 6.45) is 7.26. The van der Waals surface area contributed by atoms with E-state index in [2.05, 4.69) is 10.2 Å². The molecule has 3 nitrogen and oxygen atoms in total. The van der Waals surface area contributed by atoms with Crippen LogP contribution in [0.2, 0.25) is 0 Å². The van der Waals surface area contributed by atoms with Crippen LogP contribution < -0.4 is 5.32 Å². The van der Waals surface area contributed by atoms with E-state index >= 15 is 0 Å². The molecule has 0 spiro atoms. The first-order chi connectivity index (χ1) is 8.33. The van der Waals surface area contributed by atoms with Gasteiger partial charge in [-0.1, -0.05) is 6.42 Å². The van der Waals surface area contributed by atoms with E-state index in [4.69, 9.17) is 0 Å². The van der Waals surface area contributed by atoms with Crippen LogP contribution in [0.3, 0.4) is 0 Å². The number of carbonyl (C=O) groups is 1. The molecule has 0 radical (unpaired) electrons. The zero-order chi connectivity index (χ0) is 11.7. The minimum Gasteiger partial charge on any atom is -0.342 e. The second-order valence-corrected chi connectivity index (χ2v) is 6.15. The molecule has 2 saturated heterocycles. The van der Waals surface area contributed by atoms with Gasteiger partial charge < -0.3 is 10.2 Å². The number of fused-ring (bicyclic) bond motifs is 1. The van der Waals surface area contributed by atoms with Crippen LogP contribution in [0.4, 0.5) is 0 Å². The molecule has 3 rings (SSSR count). The first-order valence-corrected chi connectivity index (χ1v) is 7.31. The smallest absolute Gasteiger partial charge is 0.222 e. The third kappa shape index (κ3) is 2.49. The summed E-state index contributed by atoms with van der Waals surface area (Å²) in [6, 6.07) is 0. The molecular formula is C14H24N2O. The highest BCUT2D eigenvalue weighted by molar-refractivity contribution is 5.76. The highest BCUT2D eigenvalue weighted by Crippen LogP contribution is 2.37. The lowest BCUT2D eigenvalue weighted by Gasteiger charge is -2.18. The Labute approximate surface area is 104 Å². The molecule has 2 aliphatic heterocycles. The molecule has 1 saturated carbocycles. The van der Waals surface area contributed by atoms with Gasteiger partial charge in [-0.2, -0.15) is 0 Å². The van der Waals surface area contributed by atoms with E-state index in [1.165, 1.54) is 25.7 Å². The monoisotopic (exact) mass is 236 g/mol. The van der Waals surface area contributed by atoms with Crippen molar-refractivity contribution in [1.82, 2.24) is 10.2 Å². The van der Waals surface area contributed by atoms with Crippen molar-refractivity contribution in [1.29, 1.82) is 0 Å². The third-order valence-corrected chi connectivity index (χ3v) is 5.01. The van der Waals surface area contributed by atoms with E-state index in [0.717, 1.165) is 56.8 Å². The molecule has 2 heterocycles. The molecule has 1 aliphatic carbocycles. The van der Waals surface area contributed by atoms with Gasteiger partial charge in [0.1, 0.15) is 0 Å². The van der Waals surface area contributed by atoms with Gasteiger partial charge in [-0.05, 0) is 56.5 Å². The Morgan fingerprint density at radius 2 is 1.94 bits per heavy atom. The molecule has 0 aromatic heterocycles. The van der Waals surface area contributed by atoms with E-state index < -0.39 is 0 Å². The van der Waals surface area contributed by atoms with E-state index in [-0.39, 0.29) is 0 Å². The Balaban J connectivity index is 1.43. The van der Waals surface area contributed by atoms with Gasteiger partial charge in [-0.3, -0.25) is 4.79 Å². The predicted molar refractivity (Wildman–Crippen MR) is 67.6 cm³/mol. The summed E-state index contributed by atoms with van der Waals surface area (Å²) in [7, 11) is 0. The number of hydrogen-bond donors (Lipinski definition) is 1. The van der Waals surface area contributed by atoms with Gasteiger partial charge in [0.05, 0.1) is 0 Å². The van der Waals surface area contributed by atoms with Crippen LogP contribution >= 0.6 is 0 Å². The molecule has 3 fully saturated rings. The highest BCUT2D eigenvalue weighted by Gasteiger charge is 2.37. The van der Waals surface area contributed by atoms with Crippen LogP contribution in [-0.4, -0.2) is 37.0 Å². The van der Waals surface area contributed by atoms with Gasteiger partial charge >= 0.3 is 0 Å². The van der Waals surface area contributed by atoms with Crippen molar-refractivity contribution < 1.29 is 4.79 Å². The Morgan fingerprint density at radius 3 is 2.59 bits per heavy atom. The van der Waals surface area contributed by atoms with Crippen molar-refractivity contribution in [3.63, 3.8) is 0 Å². The van der Waals surface area contributed by atoms with Gasteiger partial charge in [0.15, 0.2) is 0 Å². The van der Waals surface area contributed by atoms with Crippen LogP contribution in [0.15, 0.2) is 0 Å². The summed E-state index contributed by atoms with van der Waals surface area (Å²) in [5.41, 5.74) is 0. The summed E-state index contributed by atoms with van der Waals surface area (Å²) in [5.74, 6) is 2.85. The zero-order valence-electron chi connectivity index (χ0n) is 10.7. The van der Waals surface area contributed by atoms with E-state index in [1.807, 2.05) is 0 Å². The van der Waals surface area contributed by atoms with Crippen molar-refractivity contribution in [3.8, 4) is 0 Å². The van der Waals surface area contributed by atoms with Gasteiger partial charge in [0, 0.05) is 19.5 Å². The number of hydrogen-bond acceptors (Lipinski definition) is 2. The van der Waals surface area contributed by atoms with Crippen LogP contribution in [0.25, 0.3) is 0 Å². The van der Waals surface area contributed by atoms with Crippen LogP contribution in [-0.2, 0) is 4.79 Å². The van der Waals surface area contributed by atoms with Gasteiger partial charge in [0.25, 0.3) is 0 Å². The van der Waals surface area contributed by atoms with Crippen molar-refractivity contribution >= 4 is 5.91 Å². The van der Waals surface area contributed by atoms with Gasteiger partial charge in [-0.15, -0.1) is 0 Å². The average molecular weight is 236 g/mol. The lowest BCUT2D eigenvalue weighted by Crippen LogP contribution is -2.29. The largest absolute Gasteiger partial charge is 0.342 e. The van der Waals surface area contributed by atoms with E-state index in [1.54, 1.807) is 0 Å². The van der Waals surface area contributed by atoms with Crippen molar-refractivity contribution in [2.24, 2.45) is 17.8 Å². The second kappa shape index (κ2) is 4.97. The SMILES string of the molecule is O=C(CCC1CCNC1)N1CC2CCCC2C1. The Bertz CT molecular complexity index is 274. The molecule has 1 amide bonds. The van der Waals surface area contributed by atoms with Crippen LogP contribution in [0, 0.1) is 17.8 Å². The van der Waals surface area contributed by atoms with Crippen molar-refractivity contribution in [3.05, 3.63) is 0 Å². The number of likely N-dealkylation sites (tertiary alicyclic amines) is 1. The minimum absolute atomic E-state index is 0.422. The first kappa shape index (κ1) is 11.5. The van der Waals surface area contributed by atoms with E-state index in [0.29, 0.717) is 5.91 Å². The molecule has 0 aromatic carbocycles. The maximum absolute atomic E-state index is 12.1. The first-order valence-electron chi connectivity index (χ1n) is 7.31. The Morgan fingerprint density at radius 1 is 1.18 bits per heavy atom. The fourth-order valence-electron chi connectivity index (χ4n) is 3.89. The topological polar surface area (TPSA) is 32.3 Å². The fourth-order valence-corrected chi connectivity index (χ4v) is 3.89. The molecule has 96 valence electrons. The Hall–Kier alpha value is -0.570. The van der Waals surface area contributed by atoms with Crippen LogP contribution in [0.5, 0.6) is 0 Å². The molecule has 3 unspecified atom stereocenters. The van der Waals surface area contributed by atoms with Gasteiger partial charge in [0.2, 0.25) is 5.91 Å². The van der Waals surface area contributed by atoms with E-state index in [9.17, 15) is 4.79 Å². The number of nitrogens with one attached hydrogen (secondary N) is 1. The molecule has 3 heteroatoms. The predicted octanol–water partition coefficient (Wildman–Crippen LogP) is 1.63. The number of rotatable bonds is 3. The van der Waals surface area contributed by atoms with Gasteiger partial charge in [-0.25, -0.2) is 0 Å². The maximum Gasteiger partial charge on any atom is 0.222 e. The summed E-state index contributed by atoms with van der Waals surface area (Å²) >= 11 is 0. The number of amides is 1. The third-order valence-electron chi connectivity index (χ3n) is 5.01. The molecule has 3 aliphatic rings. The molecule has 1 N–H and O–H groups in total. The highest BCUT2D eigenvalue weighted by atomic mass is 16.2. The molecule has 0 bridgehead atoms. The Kier molecular flexibility index (Phi) is 3.37. The zero-order valence-corrected chi connectivity index (χ0v) is 10.7. The van der Waals surface area contributed by atoms with Crippen molar-refractivity contribution in [2.75, 3.05) is 26.2 Å². The molecule has 17 heavy (non-hydrogen) atoms. The normalized spacial score (nSPS) is 36.5. The number of nitrogens with zero attached hydrogens (tertiary/aromatic N) is 1.